The summed E-state index contributed by atoms with van der Waals surface area (Å²) >= 11 is 1.53. The van der Waals surface area contributed by atoms with Crippen molar-refractivity contribution >= 4 is 23.5 Å². The Labute approximate surface area is 158 Å². The summed E-state index contributed by atoms with van der Waals surface area (Å²) in [6, 6.07) is 8.95. The number of carbonyl (C=O) groups is 1. The summed E-state index contributed by atoms with van der Waals surface area (Å²) in [6.45, 7) is 8.54. The van der Waals surface area contributed by atoms with Gasteiger partial charge in [-0.15, -0.1) is 0 Å². The van der Waals surface area contributed by atoms with Crippen LogP contribution < -0.4 is 10.0 Å². The second-order valence-electron chi connectivity index (χ2n) is 7.61. The number of carboxylic acids is 1. The van der Waals surface area contributed by atoms with Gasteiger partial charge in [0.2, 0.25) is 0 Å². The Kier molecular flexibility index (Phi) is 5.51. The van der Waals surface area contributed by atoms with Crippen LogP contribution in [0.2, 0.25) is 0 Å². The number of aromatic nitrogens is 2. The quantitative estimate of drug-likeness (QED) is 0.595. The van der Waals surface area contributed by atoms with Crippen LogP contribution in [0.25, 0.3) is 0 Å². The molecule has 0 unspecified atom stereocenters. The average molecular weight is 370 g/mol. The molecule has 0 saturated carbocycles. The van der Waals surface area contributed by atoms with E-state index in [2.05, 4.69) is 31.7 Å². The minimum Gasteiger partial charge on any atom is -0.545 e. The Balaban J connectivity index is 1.83. The Hall–Kier alpha value is -2.08. The molecule has 5 nitrogen and oxygen atoms in total. The van der Waals surface area contributed by atoms with Crippen molar-refractivity contribution in [2.24, 2.45) is 0 Å². The molecule has 0 atom stereocenters. The molecule has 3 rings (SSSR count). The van der Waals surface area contributed by atoms with E-state index in [1.165, 1.54) is 24.6 Å². The molecule has 1 aromatic carbocycles. The predicted octanol–water partition coefficient (Wildman–Crippen LogP) is 3.03. The maximum atomic E-state index is 11.0. The fourth-order valence-electron chi connectivity index (χ4n) is 2.91. The van der Waals surface area contributed by atoms with Crippen molar-refractivity contribution in [2.75, 3.05) is 18.0 Å². The monoisotopic (exact) mass is 370 g/mol. The Morgan fingerprint density at radius 2 is 1.92 bits per heavy atom. The Bertz CT molecular complexity index is 796. The van der Waals surface area contributed by atoms with Crippen LogP contribution in [0.1, 0.15) is 55.2 Å². The van der Waals surface area contributed by atoms with Gasteiger partial charge >= 0.3 is 0 Å². The minimum absolute atomic E-state index is 0.0540. The molecule has 0 spiro atoms. The molecule has 1 fully saturated rings. The van der Waals surface area contributed by atoms with Gasteiger partial charge in [-0.25, -0.2) is 9.97 Å². The number of anilines is 1. The summed E-state index contributed by atoms with van der Waals surface area (Å²) in [4.78, 5) is 22.8. The first kappa shape index (κ1) is 18.7. The molecule has 1 aromatic heterocycles. The Morgan fingerprint density at radius 1 is 1.19 bits per heavy atom. The van der Waals surface area contributed by atoms with Gasteiger partial charge in [-0.1, -0.05) is 50.7 Å². The fourth-order valence-corrected chi connectivity index (χ4v) is 3.70. The molecule has 0 aliphatic carbocycles. The van der Waals surface area contributed by atoms with Crippen LogP contribution in [-0.4, -0.2) is 29.0 Å². The first-order chi connectivity index (χ1) is 12.3. The second kappa shape index (κ2) is 7.66. The lowest BCUT2D eigenvalue weighted by Crippen LogP contribution is -2.22. The van der Waals surface area contributed by atoms with Crippen LogP contribution in [0, 0.1) is 0 Å². The van der Waals surface area contributed by atoms with Crippen molar-refractivity contribution < 1.29 is 9.90 Å². The summed E-state index contributed by atoms with van der Waals surface area (Å²) in [5, 5.41) is 11.8. The molecule has 138 valence electrons. The van der Waals surface area contributed by atoms with Crippen LogP contribution in [-0.2, 0) is 11.2 Å². The van der Waals surface area contributed by atoms with E-state index < -0.39 is 5.97 Å². The molecule has 1 aliphatic rings. The molecule has 0 N–H and O–H groups in total. The largest absolute Gasteiger partial charge is 0.545 e. The number of rotatable bonds is 5. The van der Waals surface area contributed by atoms with Crippen LogP contribution in [0.15, 0.2) is 35.5 Å². The summed E-state index contributed by atoms with van der Waals surface area (Å²) < 4.78 is 0. The SMILES string of the molecule is CC(C)(C)c1cc(N2CCCC2)nc(SCc2cccc(C(=O)[O-])c2)n1. The maximum absolute atomic E-state index is 11.0. The van der Waals surface area contributed by atoms with Gasteiger partial charge in [-0.3, -0.25) is 0 Å². The normalized spacial score (nSPS) is 14.7. The van der Waals surface area contributed by atoms with E-state index >= 15 is 0 Å². The Morgan fingerprint density at radius 3 is 2.58 bits per heavy atom. The molecule has 1 aliphatic heterocycles. The highest BCUT2D eigenvalue weighted by atomic mass is 32.2. The molecule has 0 bridgehead atoms. The van der Waals surface area contributed by atoms with E-state index in [-0.39, 0.29) is 11.0 Å². The number of carbonyl (C=O) groups excluding carboxylic acids is 1. The molecule has 1 saturated heterocycles. The maximum Gasteiger partial charge on any atom is 0.190 e. The summed E-state index contributed by atoms with van der Waals surface area (Å²) in [7, 11) is 0. The highest BCUT2D eigenvalue weighted by Crippen LogP contribution is 2.29. The standard InChI is InChI=1S/C20H25N3O2S/c1-20(2,3)16-12-17(23-9-4-5-10-23)22-19(21-16)26-13-14-7-6-8-15(11-14)18(24)25/h6-8,11-12H,4-5,9-10,13H2,1-3H3,(H,24,25)/p-1. The fraction of sp³-hybridized carbons (Fsp3) is 0.450. The number of aromatic carboxylic acids is 1. The van der Waals surface area contributed by atoms with Crippen LogP contribution in [0.5, 0.6) is 0 Å². The van der Waals surface area contributed by atoms with Gasteiger partial charge in [0.15, 0.2) is 5.16 Å². The summed E-state index contributed by atoms with van der Waals surface area (Å²) in [6.07, 6.45) is 2.40. The third kappa shape index (κ3) is 4.55. The van der Waals surface area contributed by atoms with Crippen molar-refractivity contribution in [2.45, 2.75) is 49.9 Å². The zero-order chi connectivity index (χ0) is 18.7. The van der Waals surface area contributed by atoms with Crippen LogP contribution in [0.3, 0.4) is 0 Å². The smallest absolute Gasteiger partial charge is 0.190 e. The number of carboxylic acid groups (broad SMARTS) is 1. The van der Waals surface area contributed by atoms with E-state index in [1.807, 2.05) is 6.07 Å². The van der Waals surface area contributed by atoms with Crippen molar-refractivity contribution in [3.8, 4) is 0 Å². The van der Waals surface area contributed by atoms with Crippen molar-refractivity contribution in [3.63, 3.8) is 0 Å². The lowest BCUT2D eigenvalue weighted by molar-refractivity contribution is -0.255. The zero-order valence-electron chi connectivity index (χ0n) is 15.5. The molecule has 0 amide bonds. The predicted molar refractivity (Wildman–Crippen MR) is 103 cm³/mol. The highest BCUT2D eigenvalue weighted by molar-refractivity contribution is 7.98. The minimum atomic E-state index is -1.15. The first-order valence-electron chi connectivity index (χ1n) is 8.90. The van der Waals surface area contributed by atoms with Gasteiger partial charge in [0.1, 0.15) is 5.82 Å². The van der Waals surface area contributed by atoms with Gasteiger partial charge in [-0.2, -0.15) is 0 Å². The average Bonchev–Trinajstić information content (AvgIpc) is 3.14. The van der Waals surface area contributed by atoms with Crippen molar-refractivity contribution in [1.29, 1.82) is 0 Å². The van der Waals surface area contributed by atoms with Crippen LogP contribution in [0.4, 0.5) is 5.82 Å². The van der Waals surface area contributed by atoms with E-state index in [0.717, 1.165) is 35.3 Å². The lowest BCUT2D eigenvalue weighted by atomic mass is 9.92. The molecule has 2 aromatic rings. The third-order valence-corrected chi connectivity index (χ3v) is 5.34. The molecule has 6 heteroatoms. The van der Waals surface area contributed by atoms with Crippen molar-refractivity contribution in [3.05, 3.63) is 47.2 Å². The summed E-state index contributed by atoms with van der Waals surface area (Å²) in [5.74, 6) is 0.460. The van der Waals surface area contributed by atoms with Gasteiger partial charge in [0, 0.05) is 30.3 Å². The number of nitrogens with zero attached hydrogens (tertiary/aromatic N) is 3. The molecule has 26 heavy (non-hydrogen) atoms. The van der Waals surface area contributed by atoms with Crippen molar-refractivity contribution in [1.82, 2.24) is 9.97 Å². The molecule has 0 radical (unpaired) electrons. The van der Waals surface area contributed by atoms with E-state index in [1.54, 1.807) is 18.2 Å². The number of hydrogen-bond donors (Lipinski definition) is 0. The van der Waals surface area contributed by atoms with Gasteiger partial charge in [0.25, 0.3) is 0 Å². The lowest BCUT2D eigenvalue weighted by Gasteiger charge is -2.23. The highest BCUT2D eigenvalue weighted by Gasteiger charge is 2.21. The number of hydrogen-bond acceptors (Lipinski definition) is 6. The third-order valence-electron chi connectivity index (χ3n) is 4.42. The molecular formula is C20H24N3O2S-. The van der Waals surface area contributed by atoms with Crippen LogP contribution >= 0.6 is 11.8 Å². The van der Waals surface area contributed by atoms with Gasteiger partial charge in [-0.05, 0) is 30.0 Å². The second-order valence-corrected chi connectivity index (χ2v) is 8.56. The zero-order valence-corrected chi connectivity index (χ0v) is 16.3. The van der Waals surface area contributed by atoms with E-state index in [4.69, 9.17) is 9.97 Å². The molecular weight excluding hydrogens is 346 g/mol. The van der Waals surface area contributed by atoms with Gasteiger partial charge in [0.05, 0.1) is 11.7 Å². The molecule has 2 heterocycles. The van der Waals surface area contributed by atoms with E-state index in [9.17, 15) is 9.90 Å². The topological polar surface area (TPSA) is 69.2 Å². The summed E-state index contributed by atoms with van der Waals surface area (Å²) in [5.41, 5.74) is 2.09. The number of benzene rings is 1. The van der Waals surface area contributed by atoms with Gasteiger partial charge < -0.3 is 14.8 Å². The number of thioether (sulfide) groups is 1. The first-order valence-corrected chi connectivity index (χ1v) is 9.89. The van der Waals surface area contributed by atoms with E-state index in [0.29, 0.717) is 5.75 Å².